The molecule has 0 N–H and O–H groups in total. The SMILES string of the molecule is CC[C@H](C)c1ccc(SCc2noc(-c3ccc(C)cc3)c2C)cc1. The number of rotatable bonds is 6. The first-order valence-corrected chi connectivity index (χ1v) is 9.82. The summed E-state index contributed by atoms with van der Waals surface area (Å²) >= 11 is 1.80. The Morgan fingerprint density at radius 1 is 1.00 bits per heavy atom. The van der Waals surface area contributed by atoms with Crippen LogP contribution in [0.3, 0.4) is 0 Å². The van der Waals surface area contributed by atoms with Gasteiger partial charge >= 0.3 is 0 Å². The normalized spacial score (nSPS) is 12.3. The van der Waals surface area contributed by atoms with E-state index in [4.69, 9.17) is 4.52 Å². The quantitative estimate of drug-likeness (QED) is 0.459. The molecule has 1 heterocycles. The molecule has 3 aromatic rings. The van der Waals surface area contributed by atoms with E-state index in [1.165, 1.54) is 22.4 Å². The number of hydrogen-bond acceptors (Lipinski definition) is 3. The Hall–Kier alpha value is -2.00. The Morgan fingerprint density at radius 2 is 1.68 bits per heavy atom. The third kappa shape index (κ3) is 4.16. The summed E-state index contributed by atoms with van der Waals surface area (Å²) in [6.07, 6.45) is 1.17. The molecule has 0 spiro atoms. The van der Waals surface area contributed by atoms with Gasteiger partial charge in [-0.3, -0.25) is 0 Å². The van der Waals surface area contributed by atoms with Gasteiger partial charge in [0.25, 0.3) is 0 Å². The number of aromatic nitrogens is 1. The standard InChI is InChI=1S/C22H25NOS/c1-5-16(3)18-10-12-20(13-11-18)25-14-21-17(4)22(24-23-21)19-8-6-15(2)7-9-19/h6-13,16H,5,14H2,1-4H3/t16-/m0/s1. The number of thioether (sulfide) groups is 1. The van der Waals surface area contributed by atoms with E-state index < -0.39 is 0 Å². The molecule has 3 rings (SSSR count). The van der Waals surface area contributed by atoms with E-state index in [0.717, 1.165) is 28.3 Å². The molecular weight excluding hydrogens is 326 g/mol. The lowest BCUT2D eigenvalue weighted by Crippen LogP contribution is -1.90. The third-order valence-electron chi connectivity index (χ3n) is 4.77. The molecule has 0 saturated heterocycles. The molecule has 1 atom stereocenters. The molecule has 0 aliphatic heterocycles. The van der Waals surface area contributed by atoms with Crippen LogP contribution in [0.2, 0.25) is 0 Å². The average Bonchev–Trinajstić information content (AvgIpc) is 3.01. The summed E-state index contributed by atoms with van der Waals surface area (Å²) in [6, 6.07) is 17.3. The van der Waals surface area contributed by atoms with Gasteiger partial charge in [0.2, 0.25) is 0 Å². The van der Waals surface area contributed by atoms with Crippen molar-refractivity contribution in [1.82, 2.24) is 5.16 Å². The van der Waals surface area contributed by atoms with Gasteiger partial charge in [0.1, 0.15) is 0 Å². The minimum absolute atomic E-state index is 0.619. The van der Waals surface area contributed by atoms with Crippen LogP contribution in [0.5, 0.6) is 0 Å². The molecule has 0 aliphatic rings. The monoisotopic (exact) mass is 351 g/mol. The highest BCUT2D eigenvalue weighted by Gasteiger charge is 2.14. The second-order valence-corrected chi connectivity index (χ2v) is 7.67. The van der Waals surface area contributed by atoms with Crippen LogP contribution in [0.25, 0.3) is 11.3 Å². The fourth-order valence-corrected chi connectivity index (χ4v) is 3.66. The lowest BCUT2D eigenvalue weighted by Gasteiger charge is -2.09. The van der Waals surface area contributed by atoms with Crippen molar-refractivity contribution in [1.29, 1.82) is 0 Å². The van der Waals surface area contributed by atoms with Crippen molar-refractivity contribution in [3.63, 3.8) is 0 Å². The lowest BCUT2D eigenvalue weighted by atomic mass is 9.99. The summed E-state index contributed by atoms with van der Waals surface area (Å²) < 4.78 is 5.61. The van der Waals surface area contributed by atoms with Crippen LogP contribution in [-0.2, 0) is 5.75 Å². The molecule has 130 valence electrons. The van der Waals surface area contributed by atoms with Crippen LogP contribution >= 0.6 is 11.8 Å². The molecule has 0 bridgehead atoms. The number of aryl methyl sites for hydroxylation is 1. The molecule has 0 aliphatic carbocycles. The van der Waals surface area contributed by atoms with Crippen LogP contribution in [0.15, 0.2) is 57.9 Å². The van der Waals surface area contributed by atoms with Gasteiger partial charge in [-0.2, -0.15) is 0 Å². The first-order valence-electron chi connectivity index (χ1n) is 8.83. The predicted molar refractivity (Wildman–Crippen MR) is 106 cm³/mol. The Kier molecular flexibility index (Phi) is 5.64. The van der Waals surface area contributed by atoms with E-state index in [-0.39, 0.29) is 0 Å². The molecule has 0 unspecified atom stereocenters. The Balaban J connectivity index is 1.69. The first-order chi connectivity index (χ1) is 12.1. The molecule has 0 radical (unpaired) electrons. The molecular formula is C22H25NOS. The molecule has 3 heteroatoms. The summed E-state index contributed by atoms with van der Waals surface area (Å²) in [4.78, 5) is 1.27. The third-order valence-corrected chi connectivity index (χ3v) is 5.79. The summed E-state index contributed by atoms with van der Waals surface area (Å²) in [5.41, 5.74) is 5.90. The van der Waals surface area contributed by atoms with Crippen LogP contribution in [0, 0.1) is 13.8 Å². The average molecular weight is 352 g/mol. The van der Waals surface area contributed by atoms with Crippen molar-refractivity contribution in [2.45, 2.75) is 50.7 Å². The second kappa shape index (κ2) is 7.92. The van der Waals surface area contributed by atoms with Crippen molar-refractivity contribution >= 4 is 11.8 Å². The zero-order chi connectivity index (χ0) is 17.8. The predicted octanol–water partition coefficient (Wildman–Crippen LogP) is 6.76. The largest absolute Gasteiger partial charge is 0.356 e. The van der Waals surface area contributed by atoms with E-state index >= 15 is 0 Å². The van der Waals surface area contributed by atoms with Gasteiger partial charge in [0.15, 0.2) is 5.76 Å². The van der Waals surface area contributed by atoms with Gasteiger partial charge in [-0.1, -0.05) is 61.0 Å². The smallest absolute Gasteiger partial charge is 0.170 e. The molecule has 1 aromatic heterocycles. The van der Waals surface area contributed by atoms with Gasteiger partial charge in [0, 0.05) is 21.8 Å². The van der Waals surface area contributed by atoms with E-state index in [0.29, 0.717) is 5.92 Å². The minimum atomic E-state index is 0.619. The maximum absolute atomic E-state index is 5.61. The van der Waals surface area contributed by atoms with E-state index in [9.17, 15) is 0 Å². The Morgan fingerprint density at radius 3 is 2.32 bits per heavy atom. The zero-order valence-electron chi connectivity index (χ0n) is 15.4. The number of nitrogens with zero attached hydrogens (tertiary/aromatic N) is 1. The summed E-state index contributed by atoms with van der Waals surface area (Å²) in [7, 11) is 0. The second-order valence-electron chi connectivity index (χ2n) is 6.62. The van der Waals surface area contributed by atoms with Crippen LogP contribution in [0.4, 0.5) is 0 Å². The highest BCUT2D eigenvalue weighted by molar-refractivity contribution is 7.98. The summed E-state index contributed by atoms with van der Waals surface area (Å²) in [6.45, 7) is 8.68. The molecule has 25 heavy (non-hydrogen) atoms. The maximum atomic E-state index is 5.61. The van der Waals surface area contributed by atoms with Crippen LogP contribution in [-0.4, -0.2) is 5.16 Å². The zero-order valence-corrected chi connectivity index (χ0v) is 16.2. The van der Waals surface area contributed by atoms with Crippen LogP contribution < -0.4 is 0 Å². The molecule has 0 amide bonds. The van der Waals surface area contributed by atoms with E-state index in [1.54, 1.807) is 11.8 Å². The van der Waals surface area contributed by atoms with Crippen LogP contribution in [0.1, 0.15) is 48.6 Å². The van der Waals surface area contributed by atoms with Gasteiger partial charge in [-0.15, -0.1) is 11.8 Å². The highest BCUT2D eigenvalue weighted by atomic mass is 32.2. The van der Waals surface area contributed by atoms with Gasteiger partial charge < -0.3 is 4.52 Å². The van der Waals surface area contributed by atoms with Crippen molar-refractivity contribution in [3.05, 3.63) is 70.9 Å². The van der Waals surface area contributed by atoms with Crippen molar-refractivity contribution in [3.8, 4) is 11.3 Å². The minimum Gasteiger partial charge on any atom is -0.356 e. The van der Waals surface area contributed by atoms with Gasteiger partial charge in [-0.25, -0.2) is 0 Å². The van der Waals surface area contributed by atoms with E-state index in [2.05, 4.69) is 81.4 Å². The molecule has 0 saturated carbocycles. The van der Waals surface area contributed by atoms with Gasteiger partial charge in [0.05, 0.1) is 5.69 Å². The molecule has 2 nitrogen and oxygen atoms in total. The summed E-state index contributed by atoms with van der Waals surface area (Å²) in [5.74, 6) is 2.32. The number of benzene rings is 2. The molecule has 2 aromatic carbocycles. The fourth-order valence-electron chi connectivity index (χ4n) is 2.76. The van der Waals surface area contributed by atoms with E-state index in [1.807, 2.05) is 0 Å². The molecule has 0 fully saturated rings. The maximum Gasteiger partial charge on any atom is 0.170 e. The Bertz CT molecular complexity index is 818. The van der Waals surface area contributed by atoms with Crippen molar-refractivity contribution in [2.75, 3.05) is 0 Å². The summed E-state index contributed by atoms with van der Waals surface area (Å²) in [5, 5.41) is 4.29. The van der Waals surface area contributed by atoms with Crippen molar-refractivity contribution in [2.24, 2.45) is 0 Å². The van der Waals surface area contributed by atoms with Crippen molar-refractivity contribution < 1.29 is 4.52 Å². The Labute approximate surface area is 154 Å². The topological polar surface area (TPSA) is 26.0 Å². The highest BCUT2D eigenvalue weighted by Crippen LogP contribution is 2.31. The first kappa shape index (κ1) is 17.8. The lowest BCUT2D eigenvalue weighted by molar-refractivity contribution is 0.426. The fraction of sp³-hybridized carbons (Fsp3) is 0.318. The number of hydrogen-bond donors (Lipinski definition) is 0. The van der Waals surface area contributed by atoms with Gasteiger partial charge in [-0.05, 0) is 43.9 Å².